The molecule has 0 atom stereocenters. The van der Waals surface area contributed by atoms with Gasteiger partial charge in [-0.3, -0.25) is 0 Å². The van der Waals surface area contributed by atoms with Gasteiger partial charge in [-0.2, -0.15) is 0 Å². The van der Waals surface area contributed by atoms with E-state index in [0.29, 0.717) is 5.92 Å². The standard InChI is InChI=1S/C10H14IN/c1-8(2)7-12-10-6-4-3-5-9(10)11/h3-6,8,12H,7H2,1-2H3. The molecule has 66 valence electrons. The number of para-hydroxylation sites is 1. The molecule has 1 rings (SSSR count). The fraction of sp³-hybridized carbons (Fsp3) is 0.400. The van der Waals surface area contributed by atoms with Crippen molar-refractivity contribution in [2.75, 3.05) is 11.9 Å². The molecule has 0 unspecified atom stereocenters. The number of hydrogen-bond donors (Lipinski definition) is 1. The van der Waals surface area contributed by atoms with Crippen molar-refractivity contribution in [1.82, 2.24) is 0 Å². The van der Waals surface area contributed by atoms with Gasteiger partial charge in [-0.05, 0) is 40.6 Å². The maximum absolute atomic E-state index is 3.40. The minimum atomic E-state index is 0.695. The molecule has 0 spiro atoms. The maximum atomic E-state index is 3.40. The molecule has 0 saturated carbocycles. The molecule has 0 amide bonds. The van der Waals surface area contributed by atoms with Crippen LogP contribution in [0.4, 0.5) is 5.69 Å². The van der Waals surface area contributed by atoms with Gasteiger partial charge in [-0.25, -0.2) is 0 Å². The third kappa shape index (κ3) is 3.01. The third-order valence-corrected chi connectivity index (χ3v) is 2.52. The Labute approximate surface area is 87.7 Å². The highest BCUT2D eigenvalue weighted by Gasteiger charge is 1.97. The summed E-state index contributed by atoms with van der Waals surface area (Å²) in [5.41, 5.74) is 1.24. The normalized spacial score (nSPS) is 10.3. The molecule has 2 heteroatoms. The highest BCUT2D eigenvalue weighted by Crippen LogP contribution is 2.16. The second kappa shape index (κ2) is 4.70. The van der Waals surface area contributed by atoms with Crippen molar-refractivity contribution in [2.45, 2.75) is 13.8 Å². The SMILES string of the molecule is CC(C)CNc1ccccc1I. The minimum absolute atomic E-state index is 0.695. The predicted octanol–water partition coefficient (Wildman–Crippen LogP) is 3.36. The first-order chi connectivity index (χ1) is 5.70. The summed E-state index contributed by atoms with van der Waals surface area (Å²) >= 11 is 2.34. The van der Waals surface area contributed by atoms with Gasteiger partial charge in [0.25, 0.3) is 0 Å². The van der Waals surface area contributed by atoms with E-state index >= 15 is 0 Å². The Bertz CT molecular complexity index is 245. The van der Waals surface area contributed by atoms with Crippen molar-refractivity contribution in [2.24, 2.45) is 5.92 Å². The molecule has 1 nitrogen and oxygen atoms in total. The van der Waals surface area contributed by atoms with E-state index < -0.39 is 0 Å². The van der Waals surface area contributed by atoms with Crippen LogP contribution in [0.25, 0.3) is 0 Å². The molecule has 1 aromatic rings. The third-order valence-electron chi connectivity index (χ3n) is 1.57. The summed E-state index contributed by atoms with van der Waals surface area (Å²) in [4.78, 5) is 0. The van der Waals surface area contributed by atoms with Crippen molar-refractivity contribution in [3.05, 3.63) is 27.8 Å². The molecular formula is C10H14IN. The Kier molecular flexibility index (Phi) is 3.85. The lowest BCUT2D eigenvalue weighted by Gasteiger charge is -2.09. The molecule has 0 bridgehead atoms. The van der Waals surface area contributed by atoms with Gasteiger partial charge >= 0.3 is 0 Å². The number of nitrogens with one attached hydrogen (secondary N) is 1. The molecule has 1 N–H and O–H groups in total. The summed E-state index contributed by atoms with van der Waals surface area (Å²) in [6.45, 7) is 5.46. The van der Waals surface area contributed by atoms with Gasteiger partial charge in [-0.1, -0.05) is 26.0 Å². The second-order valence-corrected chi connectivity index (χ2v) is 4.42. The van der Waals surface area contributed by atoms with Gasteiger partial charge in [0.05, 0.1) is 0 Å². The lowest BCUT2D eigenvalue weighted by atomic mass is 10.2. The molecule has 0 heterocycles. The van der Waals surface area contributed by atoms with E-state index in [-0.39, 0.29) is 0 Å². The number of anilines is 1. The molecule has 0 aliphatic heterocycles. The van der Waals surface area contributed by atoms with Gasteiger partial charge in [0, 0.05) is 15.8 Å². The highest BCUT2D eigenvalue weighted by molar-refractivity contribution is 14.1. The molecule has 0 saturated heterocycles. The van der Waals surface area contributed by atoms with Crippen LogP contribution in [0.3, 0.4) is 0 Å². The van der Waals surface area contributed by atoms with Gasteiger partial charge < -0.3 is 5.32 Å². The molecule has 0 fully saturated rings. The van der Waals surface area contributed by atoms with Crippen LogP contribution in [-0.4, -0.2) is 6.54 Å². The summed E-state index contributed by atoms with van der Waals surface area (Å²) in [5, 5.41) is 3.40. The largest absolute Gasteiger partial charge is 0.384 e. The van der Waals surface area contributed by atoms with Crippen LogP contribution in [0, 0.1) is 9.49 Å². The van der Waals surface area contributed by atoms with Gasteiger partial charge in [-0.15, -0.1) is 0 Å². The lowest BCUT2D eigenvalue weighted by Crippen LogP contribution is -2.08. The van der Waals surface area contributed by atoms with Crippen molar-refractivity contribution in [1.29, 1.82) is 0 Å². The zero-order valence-corrected chi connectivity index (χ0v) is 9.63. The average molecular weight is 275 g/mol. The summed E-state index contributed by atoms with van der Waals surface area (Å²) < 4.78 is 1.29. The summed E-state index contributed by atoms with van der Waals surface area (Å²) in [6.07, 6.45) is 0. The van der Waals surface area contributed by atoms with Gasteiger partial charge in [0.2, 0.25) is 0 Å². The van der Waals surface area contributed by atoms with E-state index in [2.05, 4.69) is 66.0 Å². The first kappa shape index (κ1) is 9.84. The van der Waals surface area contributed by atoms with Gasteiger partial charge in [0.15, 0.2) is 0 Å². The average Bonchev–Trinajstić information content (AvgIpc) is 2.03. The Balaban J connectivity index is 2.57. The monoisotopic (exact) mass is 275 g/mol. The topological polar surface area (TPSA) is 12.0 Å². The Morgan fingerprint density at radius 2 is 2.00 bits per heavy atom. The van der Waals surface area contributed by atoms with E-state index in [1.807, 2.05) is 0 Å². The molecule has 1 aromatic carbocycles. The van der Waals surface area contributed by atoms with Crippen LogP contribution in [0.5, 0.6) is 0 Å². The fourth-order valence-electron chi connectivity index (χ4n) is 0.919. The molecule has 0 aliphatic rings. The van der Waals surface area contributed by atoms with Crippen LogP contribution >= 0.6 is 22.6 Å². The van der Waals surface area contributed by atoms with Crippen molar-refractivity contribution >= 4 is 28.3 Å². The highest BCUT2D eigenvalue weighted by atomic mass is 127. The second-order valence-electron chi connectivity index (χ2n) is 3.25. The van der Waals surface area contributed by atoms with Crippen LogP contribution in [0.1, 0.15) is 13.8 Å². The summed E-state index contributed by atoms with van der Waals surface area (Å²) in [7, 11) is 0. The number of hydrogen-bond acceptors (Lipinski definition) is 1. The van der Waals surface area contributed by atoms with E-state index in [0.717, 1.165) is 6.54 Å². The zero-order chi connectivity index (χ0) is 8.97. The van der Waals surface area contributed by atoms with Crippen LogP contribution in [0.2, 0.25) is 0 Å². The lowest BCUT2D eigenvalue weighted by molar-refractivity contribution is 0.688. The van der Waals surface area contributed by atoms with Crippen LogP contribution < -0.4 is 5.32 Å². The summed E-state index contributed by atoms with van der Waals surface area (Å²) in [5.74, 6) is 0.695. The van der Waals surface area contributed by atoms with E-state index in [9.17, 15) is 0 Å². The number of halogens is 1. The summed E-state index contributed by atoms with van der Waals surface area (Å²) in [6, 6.07) is 8.35. The number of rotatable bonds is 3. The molecule has 0 aliphatic carbocycles. The predicted molar refractivity (Wildman–Crippen MR) is 62.5 cm³/mol. The first-order valence-electron chi connectivity index (χ1n) is 4.18. The first-order valence-corrected chi connectivity index (χ1v) is 5.26. The maximum Gasteiger partial charge on any atom is 0.0475 e. The Hall–Kier alpha value is -0.250. The van der Waals surface area contributed by atoms with Crippen molar-refractivity contribution in [3.8, 4) is 0 Å². The number of benzene rings is 1. The van der Waals surface area contributed by atoms with Crippen LogP contribution in [-0.2, 0) is 0 Å². The van der Waals surface area contributed by atoms with Crippen molar-refractivity contribution in [3.63, 3.8) is 0 Å². The van der Waals surface area contributed by atoms with Gasteiger partial charge in [0.1, 0.15) is 0 Å². The molecular weight excluding hydrogens is 261 g/mol. The fourth-order valence-corrected chi connectivity index (χ4v) is 1.50. The van der Waals surface area contributed by atoms with E-state index in [1.54, 1.807) is 0 Å². The Morgan fingerprint density at radius 3 is 2.58 bits per heavy atom. The van der Waals surface area contributed by atoms with E-state index in [1.165, 1.54) is 9.26 Å². The van der Waals surface area contributed by atoms with E-state index in [4.69, 9.17) is 0 Å². The van der Waals surface area contributed by atoms with Crippen molar-refractivity contribution < 1.29 is 0 Å². The van der Waals surface area contributed by atoms with Crippen LogP contribution in [0.15, 0.2) is 24.3 Å². The molecule has 0 radical (unpaired) electrons. The smallest absolute Gasteiger partial charge is 0.0475 e. The molecule has 12 heavy (non-hydrogen) atoms. The molecule has 0 aromatic heterocycles. The Morgan fingerprint density at radius 1 is 1.33 bits per heavy atom. The zero-order valence-electron chi connectivity index (χ0n) is 7.47. The quantitative estimate of drug-likeness (QED) is 0.834. The minimum Gasteiger partial charge on any atom is -0.384 e.